The van der Waals surface area contributed by atoms with Crippen LogP contribution >= 0.6 is 0 Å². The quantitative estimate of drug-likeness (QED) is 0.543. The molecule has 1 aliphatic heterocycles. The number of fused-ring (bicyclic) bond motifs is 2. The van der Waals surface area contributed by atoms with Crippen molar-refractivity contribution in [2.45, 2.75) is 45.3 Å². The first-order valence-electron chi connectivity index (χ1n) is 10.7. The highest BCUT2D eigenvalue weighted by Gasteiger charge is 2.34. The Kier molecular flexibility index (Phi) is 4.90. The van der Waals surface area contributed by atoms with E-state index in [1.807, 2.05) is 11.0 Å². The zero-order valence-corrected chi connectivity index (χ0v) is 17.9. The van der Waals surface area contributed by atoms with Crippen molar-refractivity contribution in [3.63, 3.8) is 0 Å². The summed E-state index contributed by atoms with van der Waals surface area (Å²) in [5.41, 5.74) is 4.13. The second-order valence-electron chi connectivity index (χ2n) is 8.25. The number of benzene rings is 1. The first-order valence-corrected chi connectivity index (χ1v) is 10.7. The van der Waals surface area contributed by atoms with Gasteiger partial charge in [-0.3, -0.25) is 19.9 Å². The smallest absolute Gasteiger partial charge is 0.303 e. The van der Waals surface area contributed by atoms with Crippen molar-refractivity contribution in [1.29, 1.82) is 0 Å². The highest BCUT2D eigenvalue weighted by Crippen LogP contribution is 2.29. The molecular weight excluding hydrogens is 392 g/mol. The van der Waals surface area contributed by atoms with Gasteiger partial charge in [-0.2, -0.15) is 9.77 Å². The van der Waals surface area contributed by atoms with Crippen LogP contribution in [-0.2, 0) is 0 Å². The zero-order valence-electron chi connectivity index (χ0n) is 17.9. The highest BCUT2D eigenvalue weighted by atomic mass is 16.1. The number of aromatic nitrogens is 6. The fourth-order valence-electron chi connectivity index (χ4n) is 4.57. The van der Waals surface area contributed by atoms with Crippen LogP contribution < -0.4 is 10.7 Å². The molecule has 9 nitrogen and oxygen atoms in total. The molecule has 5 rings (SSSR count). The second kappa shape index (κ2) is 7.73. The maximum atomic E-state index is 11.5. The molecule has 1 aromatic carbocycles. The van der Waals surface area contributed by atoms with E-state index in [1.165, 1.54) is 11.8 Å². The number of hydrogen-bond acceptors (Lipinski definition) is 7. The first-order chi connectivity index (χ1) is 15.0. The lowest BCUT2D eigenvalue weighted by atomic mass is 9.99. The van der Waals surface area contributed by atoms with Crippen molar-refractivity contribution < 1.29 is 0 Å². The average molecular weight is 419 g/mol. The third-order valence-electron chi connectivity index (χ3n) is 6.33. The van der Waals surface area contributed by atoms with Crippen molar-refractivity contribution >= 4 is 22.1 Å². The van der Waals surface area contributed by atoms with Crippen LogP contribution in [0.3, 0.4) is 0 Å². The Labute approximate surface area is 179 Å². The molecule has 4 aromatic rings. The molecule has 31 heavy (non-hydrogen) atoms. The Hall–Kier alpha value is -3.33. The zero-order chi connectivity index (χ0) is 21.5. The molecule has 9 heteroatoms. The van der Waals surface area contributed by atoms with E-state index in [1.54, 1.807) is 12.4 Å². The Morgan fingerprint density at radius 2 is 1.94 bits per heavy atom. The maximum Gasteiger partial charge on any atom is 0.345 e. The number of H-pyrrole nitrogens is 1. The van der Waals surface area contributed by atoms with E-state index in [4.69, 9.17) is 0 Å². The third kappa shape index (κ3) is 3.54. The van der Waals surface area contributed by atoms with Gasteiger partial charge in [-0.15, -0.1) is 5.10 Å². The van der Waals surface area contributed by atoms with E-state index < -0.39 is 0 Å². The van der Waals surface area contributed by atoms with E-state index in [0.717, 1.165) is 30.5 Å². The van der Waals surface area contributed by atoms with Gasteiger partial charge in [0, 0.05) is 31.0 Å². The van der Waals surface area contributed by atoms with Crippen molar-refractivity contribution in [1.82, 2.24) is 34.7 Å². The fourth-order valence-corrected chi connectivity index (χ4v) is 4.57. The summed E-state index contributed by atoms with van der Waals surface area (Å²) in [5, 5.41) is 6.90. The van der Waals surface area contributed by atoms with E-state index in [0.29, 0.717) is 17.1 Å². The maximum absolute atomic E-state index is 11.5. The summed E-state index contributed by atoms with van der Waals surface area (Å²) in [7, 11) is 0. The number of hydrogen-bond donors (Lipinski definition) is 1. The van der Waals surface area contributed by atoms with Gasteiger partial charge in [0.05, 0.1) is 41.5 Å². The minimum absolute atomic E-state index is 0.250. The lowest BCUT2D eigenvalue weighted by Gasteiger charge is -2.48. The Bertz CT molecular complexity index is 1280. The summed E-state index contributed by atoms with van der Waals surface area (Å²) < 4.78 is 0. The van der Waals surface area contributed by atoms with Crippen LogP contribution in [-0.4, -0.2) is 59.9 Å². The van der Waals surface area contributed by atoms with Gasteiger partial charge in [0.2, 0.25) is 0 Å². The molecule has 160 valence electrons. The molecule has 1 unspecified atom stereocenters. The van der Waals surface area contributed by atoms with Crippen LogP contribution in [0.1, 0.15) is 38.8 Å². The topological polar surface area (TPSA) is 95.8 Å². The van der Waals surface area contributed by atoms with Crippen LogP contribution in [0.4, 0.5) is 0 Å². The van der Waals surface area contributed by atoms with Crippen LogP contribution in [0.25, 0.3) is 22.1 Å². The normalized spacial score (nSPS) is 21.1. The minimum Gasteiger partial charge on any atom is -0.303 e. The first kappa shape index (κ1) is 19.6. The van der Waals surface area contributed by atoms with Crippen LogP contribution in [0.15, 0.2) is 47.8 Å². The van der Waals surface area contributed by atoms with E-state index in [-0.39, 0.29) is 17.8 Å². The molecule has 0 saturated carbocycles. The summed E-state index contributed by atoms with van der Waals surface area (Å²) in [6.07, 6.45) is 7.89. The van der Waals surface area contributed by atoms with Crippen molar-refractivity contribution in [3.8, 4) is 0 Å². The van der Waals surface area contributed by atoms with Crippen molar-refractivity contribution in [2.24, 2.45) is 0 Å². The van der Waals surface area contributed by atoms with Crippen LogP contribution in [0.5, 0.6) is 0 Å². The average Bonchev–Trinajstić information content (AvgIpc) is 3.21. The molecule has 1 saturated heterocycles. The van der Waals surface area contributed by atoms with E-state index in [9.17, 15) is 4.79 Å². The van der Waals surface area contributed by atoms with Gasteiger partial charge < -0.3 is 4.98 Å². The Morgan fingerprint density at radius 1 is 1.13 bits per heavy atom. The Balaban J connectivity index is 1.41. The summed E-state index contributed by atoms with van der Waals surface area (Å²) >= 11 is 0. The van der Waals surface area contributed by atoms with E-state index in [2.05, 4.69) is 73.9 Å². The lowest BCUT2D eigenvalue weighted by molar-refractivity contribution is 0.0908. The molecule has 1 N–H and O–H groups in total. The largest absolute Gasteiger partial charge is 0.345 e. The van der Waals surface area contributed by atoms with Gasteiger partial charge in [-0.1, -0.05) is 13.0 Å². The number of nitrogens with zero attached hydrogens (tertiary/aromatic N) is 7. The van der Waals surface area contributed by atoms with Crippen molar-refractivity contribution in [2.75, 3.05) is 18.1 Å². The number of rotatable bonds is 4. The highest BCUT2D eigenvalue weighted by molar-refractivity contribution is 5.74. The molecule has 3 atom stereocenters. The summed E-state index contributed by atoms with van der Waals surface area (Å²) in [6.45, 7) is 8.46. The minimum atomic E-state index is -0.356. The predicted octanol–water partition coefficient (Wildman–Crippen LogP) is 2.24. The summed E-state index contributed by atoms with van der Waals surface area (Å²) in [4.78, 5) is 31.4. The van der Waals surface area contributed by atoms with Crippen LogP contribution in [0.2, 0.25) is 0 Å². The van der Waals surface area contributed by atoms with Gasteiger partial charge in [-0.05, 0) is 38.0 Å². The van der Waals surface area contributed by atoms with Gasteiger partial charge in [0.1, 0.15) is 5.52 Å². The number of nitrogens with one attached hydrogen (secondary N) is 1. The van der Waals surface area contributed by atoms with Crippen molar-refractivity contribution in [3.05, 3.63) is 59.0 Å². The molecule has 0 bridgehead atoms. The number of piperazine rings is 1. The molecule has 4 heterocycles. The molecule has 0 aliphatic carbocycles. The standard InChI is InChI=1S/C22H26N8O/c1-4-17-12-29(30-13-21-20(27-30)10-25-22(31)26-21)14(2)11-28(17)15(3)16-5-6-18-19(9-16)24-8-7-23-18/h5-10,13-15,17H,4,11-12H2,1-3H3,(H,26,31)/t14-,15?,17+/m0/s1. The third-order valence-corrected chi connectivity index (χ3v) is 6.33. The number of aromatic amines is 1. The molecule has 0 spiro atoms. The molecule has 0 radical (unpaired) electrons. The molecule has 0 amide bonds. The Morgan fingerprint density at radius 3 is 2.74 bits per heavy atom. The monoisotopic (exact) mass is 418 g/mol. The summed E-state index contributed by atoms with van der Waals surface area (Å²) in [5.74, 6) is 0. The second-order valence-corrected chi connectivity index (χ2v) is 8.25. The fraction of sp³-hybridized carbons (Fsp3) is 0.409. The molecule has 3 aromatic heterocycles. The van der Waals surface area contributed by atoms with E-state index >= 15 is 0 Å². The van der Waals surface area contributed by atoms with Gasteiger partial charge in [0.25, 0.3) is 0 Å². The SMILES string of the molecule is CC[C@@H]1CN(n2cc3[nH]c(=O)ncc3n2)[C@@H](C)CN1C(C)c1ccc2nccnc2c1. The summed E-state index contributed by atoms with van der Waals surface area (Å²) in [6, 6.07) is 7.25. The molecule has 1 aliphatic rings. The van der Waals surface area contributed by atoms with Crippen LogP contribution in [0, 0.1) is 0 Å². The van der Waals surface area contributed by atoms with Gasteiger partial charge in [0.15, 0.2) is 0 Å². The molecule has 1 fully saturated rings. The molecular formula is C22H26N8O. The lowest BCUT2D eigenvalue weighted by Crippen LogP contribution is -2.61. The van der Waals surface area contributed by atoms with Gasteiger partial charge in [-0.25, -0.2) is 4.79 Å². The van der Waals surface area contributed by atoms with Gasteiger partial charge >= 0.3 is 5.69 Å². The predicted molar refractivity (Wildman–Crippen MR) is 119 cm³/mol.